The summed E-state index contributed by atoms with van der Waals surface area (Å²) in [6, 6.07) is 10.4. The summed E-state index contributed by atoms with van der Waals surface area (Å²) in [4.78, 5) is 15.5. The minimum absolute atomic E-state index is 0.0429. The number of esters is 1. The van der Waals surface area contributed by atoms with Crippen LogP contribution in [-0.4, -0.2) is 34.6 Å². The van der Waals surface area contributed by atoms with Gasteiger partial charge in [-0.05, 0) is 48.5 Å². The Hall–Kier alpha value is -1.07. The lowest BCUT2D eigenvalue weighted by Gasteiger charge is -2.48. The van der Waals surface area contributed by atoms with E-state index >= 15 is 0 Å². The molecule has 0 saturated carbocycles. The molecule has 1 heterocycles. The van der Waals surface area contributed by atoms with E-state index < -0.39 is 4.08 Å². The lowest BCUT2D eigenvalue weighted by Crippen LogP contribution is -2.57. The number of thioether (sulfide) groups is 2. The zero-order chi connectivity index (χ0) is 17.9. The molecule has 0 aromatic heterocycles. The Bertz CT molecular complexity index is 638. The molecule has 25 heavy (non-hydrogen) atoms. The van der Waals surface area contributed by atoms with Gasteiger partial charge in [-0.1, -0.05) is 32.0 Å². The molecule has 5 heteroatoms. The van der Waals surface area contributed by atoms with E-state index in [1.54, 1.807) is 23.5 Å². The van der Waals surface area contributed by atoms with Crippen LogP contribution in [0.3, 0.4) is 0 Å². The molecule has 0 unspecified atom stereocenters. The number of rotatable bonds is 6. The first kappa shape index (κ1) is 18.7. The van der Waals surface area contributed by atoms with Gasteiger partial charge in [0.25, 0.3) is 0 Å². The molecule has 0 radical (unpaired) electrons. The predicted octanol–water partition coefficient (Wildman–Crippen LogP) is 5.08. The third kappa shape index (κ3) is 3.45. The minimum atomic E-state index is -0.593. The second kappa shape index (κ2) is 8.09. The van der Waals surface area contributed by atoms with Crippen LogP contribution >= 0.6 is 23.5 Å². The molecule has 0 saturated heterocycles. The number of benzene rings is 1. The fraction of sp³-hybridized carbons (Fsp3) is 0.550. The molecule has 1 aliphatic heterocycles. The van der Waals surface area contributed by atoms with Crippen LogP contribution < -0.4 is 4.90 Å². The second-order valence-electron chi connectivity index (χ2n) is 6.43. The van der Waals surface area contributed by atoms with Crippen molar-refractivity contribution in [3.05, 3.63) is 41.7 Å². The highest BCUT2D eigenvalue weighted by molar-refractivity contribution is 8.19. The zero-order valence-electron chi connectivity index (χ0n) is 15.3. The number of carbonyl (C=O) groups excluding carboxylic acids is 1. The van der Waals surface area contributed by atoms with Crippen molar-refractivity contribution in [1.82, 2.24) is 0 Å². The summed E-state index contributed by atoms with van der Waals surface area (Å²) in [6.45, 7) is 4.25. The molecule has 2 aliphatic rings. The molecule has 1 atom stereocenters. The summed E-state index contributed by atoms with van der Waals surface area (Å²) in [7, 11) is 2.12. The molecule has 3 rings (SSSR count). The van der Waals surface area contributed by atoms with Gasteiger partial charge in [0, 0.05) is 19.2 Å². The third-order valence-corrected chi connectivity index (χ3v) is 7.84. The maximum Gasteiger partial charge on any atom is 0.340 e. The maximum atomic E-state index is 13.2. The Morgan fingerprint density at radius 2 is 1.76 bits per heavy atom. The lowest BCUT2D eigenvalue weighted by atomic mass is 9.87. The Kier molecular flexibility index (Phi) is 6.05. The number of likely N-dealkylation sites (N-methyl/N-ethyl adjacent to an activating group) is 1. The monoisotopic (exact) mass is 377 g/mol. The van der Waals surface area contributed by atoms with Gasteiger partial charge in [-0.15, -0.1) is 23.5 Å². The summed E-state index contributed by atoms with van der Waals surface area (Å²) in [5, 5.41) is 0. The van der Waals surface area contributed by atoms with Crippen molar-refractivity contribution < 1.29 is 9.53 Å². The molecule has 0 fully saturated rings. The number of ether oxygens (including phenoxy) is 1. The second-order valence-corrected chi connectivity index (χ2v) is 9.71. The molecule has 0 N–H and O–H groups in total. The number of para-hydroxylation sites is 1. The molecular formula is C20H27NO2S2. The van der Waals surface area contributed by atoms with Crippen LogP contribution in [0.2, 0.25) is 0 Å². The summed E-state index contributed by atoms with van der Waals surface area (Å²) in [6.07, 6.45) is 4.21. The highest BCUT2D eigenvalue weighted by atomic mass is 32.2. The molecule has 1 aliphatic carbocycles. The van der Waals surface area contributed by atoms with Crippen LogP contribution in [0.1, 0.15) is 39.5 Å². The number of allylic oxidation sites excluding steroid dienone is 1. The average Bonchev–Trinajstić information content (AvgIpc) is 2.63. The SMILES string of the molecule is CCSC1(SCC)C(=O)OC2=C(CCCC2)[C@H]1N(C)c1ccccc1. The summed E-state index contributed by atoms with van der Waals surface area (Å²) >= 11 is 3.46. The Labute approximate surface area is 159 Å². The van der Waals surface area contributed by atoms with Gasteiger partial charge in [-0.2, -0.15) is 0 Å². The van der Waals surface area contributed by atoms with E-state index in [1.807, 2.05) is 6.07 Å². The Morgan fingerprint density at radius 3 is 2.40 bits per heavy atom. The van der Waals surface area contributed by atoms with Gasteiger partial charge in [0.1, 0.15) is 5.76 Å². The van der Waals surface area contributed by atoms with Gasteiger partial charge >= 0.3 is 5.97 Å². The number of nitrogens with zero attached hydrogens (tertiary/aromatic N) is 1. The number of anilines is 1. The van der Waals surface area contributed by atoms with Gasteiger partial charge in [0.15, 0.2) is 4.08 Å². The first-order valence-corrected chi connectivity index (χ1v) is 11.1. The number of carbonyl (C=O) groups is 1. The van der Waals surface area contributed by atoms with E-state index in [9.17, 15) is 4.79 Å². The molecule has 0 bridgehead atoms. The molecule has 1 aromatic carbocycles. The summed E-state index contributed by atoms with van der Waals surface area (Å²) in [5.74, 6) is 2.65. The van der Waals surface area contributed by atoms with E-state index in [0.29, 0.717) is 0 Å². The molecule has 136 valence electrons. The van der Waals surface area contributed by atoms with Crippen LogP contribution in [0.5, 0.6) is 0 Å². The van der Waals surface area contributed by atoms with Gasteiger partial charge in [-0.3, -0.25) is 0 Å². The Balaban J connectivity index is 2.11. The van der Waals surface area contributed by atoms with Crippen molar-refractivity contribution in [2.75, 3.05) is 23.5 Å². The van der Waals surface area contributed by atoms with Crippen LogP contribution in [0.4, 0.5) is 5.69 Å². The topological polar surface area (TPSA) is 29.5 Å². The highest BCUT2D eigenvalue weighted by Gasteiger charge is 2.55. The van der Waals surface area contributed by atoms with Gasteiger partial charge in [0.05, 0.1) is 6.04 Å². The zero-order valence-corrected chi connectivity index (χ0v) is 16.9. The van der Waals surface area contributed by atoms with Gasteiger partial charge in [0.2, 0.25) is 0 Å². The van der Waals surface area contributed by atoms with E-state index in [0.717, 1.165) is 42.2 Å². The largest absolute Gasteiger partial charge is 0.429 e. The summed E-state index contributed by atoms with van der Waals surface area (Å²) in [5.41, 5.74) is 2.48. The lowest BCUT2D eigenvalue weighted by molar-refractivity contribution is -0.142. The quantitative estimate of drug-likeness (QED) is 0.509. The average molecular weight is 378 g/mol. The van der Waals surface area contributed by atoms with Crippen molar-refractivity contribution in [2.45, 2.75) is 49.7 Å². The molecule has 0 amide bonds. The van der Waals surface area contributed by atoms with E-state index in [1.165, 1.54) is 12.0 Å². The molecule has 0 spiro atoms. The van der Waals surface area contributed by atoms with Crippen LogP contribution in [0.15, 0.2) is 41.7 Å². The smallest absolute Gasteiger partial charge is 0.340 e. The normalized spacial score (nSPS) is 22.4. The number of hydrogen-bond donors (Lipinski definition) is 0. The molecule has 1 aromatic rings. The fourth-order valence-corrected chi connectivity index (χ4v) is 7.01. The van der Waals surface area contributed by atoms with E-state index in [4.69, 9.17) is 4.74 Å². The van der Waals surface area contributed by atoms with Crippen molar-refractivity contribution in [3.8, 4) is 0 Å². The first-order chi connectivity index (χ1) is 12.1. The fourth-order valence-electron chi connectivity index (χ4n) is 3.88. The maximum absolute atomic E-state index is 13.2. The van der Waals surface area contributed by atoms with Crippen LogP contribution in [0, 0.1) is 0 Å². The van der Waals surface area contributed by atoms with Crippen LogP contribution in [0.25, 0.3) is 0 Å². The van der Waals surface area contributed by atoms with Crippen molar-refractivity contribution in [3.63, 3.8) is 0 Å². The first-order valence-electron chi connectivity index (χ1n) is 9.14. The molecule has 3 nitrogen and oxygen atoms in total. The van der Waals surface area contributed by atoms with Gasteiger partial charge < -0.3 is 9.64 Å². The minimum Gasteiger partial charge on any atom is -0.429 e. The van der Waals surface area contributed by atoms with E-state index in [-0.39, 0.29) is 12.0 Å². The Morgan fingerprint density at radius 1 is 1.12 bits per heavy atom. The van der Waals surface area contributed by atoms with E-state index in [2.05, 4.69) is 50.1 Å². The van der Waals surface area contributed by atoms with Crippen molar-refractivity contribution in [1.29, 1.82) is 0 Å². The standard InChI is InChI=1S/C20H27NO2S2/c1-4-24-20(25-5-2)18(21(3)15-11-7-6-8-12-15)16-13-9-10-14-17(16)23-19(20)22/h6-8,11-12,18H,4-5,9-10,13-14H2,1-3H3/t18-/m1/s1. The highest BCUT2D eigenvalue weighted by Crippen LogP contribution is 2.52. The van der Waals surface area contributed by atoms with Gasteiger partial charge in [-0.25, -0.2) is 4.79 Å². The number of hydrogen-bond acceptors (Lipinski definition) is 5. The van der Waals surface area contributed by atoms with Crippen molar-refractivity contribution in [2.24, 2.45) is 0 Å². The summed E-state index contributed by atoms with van der Waals surface area (Å²) < 4.78 is 5.31. The molecular weight excluding hydrogens is 350 g/mol. The van der Waals surface area contributed by atoms with Crippen molar-refractivity contribution >= 4 is 35.2 Å². The predicted molar refractivity (Wildman–Crippen MR) is 109 cm³/mol. The third-order valence-electron chi connectivity index (χ3n) is 4.92. The van der Waals surface area contributed by atoms with Crippen LogP contribution in [-0.2, 0) is 9.53 Å².